The van der Waals surface area contributed by atoms with Gasteiger partial charge in [-0.25, -0.2) is 0 Å². The standard InChI is InChI=1S/C25H33NO4/c1-6-25(4,16-18(3)20-10-8-9-19(13-20)17-26)30-23-12-11-22(28-5)14-21(23)15-24(27)29-7-2/h8-14,16H,6-7,15,17,26H2,1-5H3/b18-16+. The summed E-state index contributed by atoms with van der Waals surface area (Å²) in [5.41, 5.74) is 9.28. The normalized spacial score (nSPS) is 13.5. The van der Waals surface area contributed by atoms with E-state index in [2.05, 4.69) is 32.1 Å². The highest BCUT2D eigenvalue weighted by Crippen LogP contribution is 2.32. The van der Waals surface area contributed by atoms with Crippen molar-refractivity contribution in [2.24, 2.45) is 5.73 Å². The molecule has 2 N–H and O–H groups in total. The van der Waals surface area contributed by atoms with Gasteiger partial charge in [-0.05, 0) is 68.2 Å². The molecule has 0 amide bonds. The van der Waals surface area contributed by atoms with Crippen LogP contribution >= 0.6 is 0 Å². The highest BCUT2D eigenvalue weighted by Gasteiger charge is 2.24. The first-order chi connectivity index (χ1) is 14.3. The fourth-order valence-electron chi connectivity index (χ4n) is 3.23. The van der Waals surface area contributed by atoms with Crippen LogP contribution in [0, 0.1) is 0 Å². The second-order valence-electron chi connectivity index (χ2n) is 7.46. The molecule has 2 rings (SSSR count). The van der Waals surface area contributed by atoms with E-state index in [0.717, 1.165) is 28.7 Å². The molecule has 0 saturated carbocycles. The van der Waals surface area contributed by atoms with E-state index in [0.29, 0.717) is 24.7 Å². The second kappa shape index (κ2) is 10.8. The van der Waals surface area contributed by atoms with Crippen molar-refractivity contribution in [3.63, 3.8) is 0 Å². The second-order valence-corrected chi connectivity index (χ2v) is 7.46. The third-order valence-corrected chi connectivity index (χ3v) is 5.09. The maximum absolute atomic E-state index is 12.1. The predicted molar refractivity (Wildman–Crippen MR) is 121 cm³/mol. The molecule has 1 atom stereocenters. The van der Waals surface area contributed by atoms with Crippen molar-refractivity contribution in [3.05, 3.63) is 65.2 Å². The van der Waals surface area contributed by atoms with E-state index in [-0.39, 0.29) is 12.4 Å². The minimum atomic E-state index is -0.555. The van der Waals surface area contributed by atoms with E-state index in [9.17, 15) is 4.79 Å². The molecule has 0 aromatic heterocycles. The lowest BCUT2D eigenvalue weighted by molar-refractivity contribution is -0.142. The molecule has 0 aliphatic heterocycles. The Hall–Kier alpha value is -2.79. The van der Waals surface area contributed by atoms with E-state index >= 15 is 0 Å². The van der Waals surface area contributed by atoms with Crippen LogP contribution in [0.4, 0.5) is 0 Å². The number of carbonyl (C=O) groups is 1. The Balaban J connectivity index is 2.35. The Morgan fingerprint density at radius 3 is 2.57 bits per heavy atom. The van der Waals surface area contributed by atoms with Crippen LogP contribution in [0.1, 0.15) is 50.8 Å². The summed E-state index contributed by atoms with van der Waals surface area (Å²) in [4.78, 5) is 12.1. The first-order valence-electron chi connectivity index (χ1n) is 10.3. The summed E-state index contributed by atoms with van der Waals surface area (Å²) in [5, 5.41) is 0. The van der Waals surface area contributed by atoms with Crippen LogP contribution in [0.5, 0.6) is 11.5 Å². The topological polar surface area (TPSA) is 70.8 Å². The molecule has 0 radical (unpaired) electrons. The van der Waals surface area contributed by atoms with E-state index in [1.165, 1.54) is 0 Å². The number of esters is 1. The van der Waals surface area contributed by atoms with Gasteiger partial charge >= 0.3 is 5.97 Å². The van der Waals surface area contributed by atoms with Crippen molar-refractivity contribution in [1.82, 2.24) is 0 Å². The van der Waals surface area contributed by atoms with Gasteiger partial charge in [0.05, 0.1) is 20.1 Å². The number of allylic oxidation sites excluding steroid dienone is 1. The molecular weight excluding hydrogens is 378 g/mol. The van der Waals surface area contributed by atoms with E-state index in [1.807, 2.05) is 37.3 Å². The van der Waals surface area contributed by atoms with Gasteiger partial charge < -0.3 is 19.9 Å². The van der Waals surface area contributed by atoms with Crippen LogP contribution in [0.2, 0.25) is 0 Å². The number of rotatable bonds is 10. The first kappa shape index (κ1) is 23.5. The number of hydrogen-bond acceptors (Lipinski definition) is 5. The molecule has 2 aromatic rings. The predicted octanol–water partition coefficient (Wildman–Crippen LogP) is 4.91. The molecular formula is C25H33NO4. The first-order valence-corrected chi connectivity index (χ1v) is 10.3. The Morgan fingerprint density at radius 2 is 1.93 bits per heavy atom. The molecule has 30 heavy (non-hydrogen) atoms. The molecule has 0 aliphatic rings. The number of benzene rings is 2. The van der Waals surface area contributed by atoms with Gasteiger partial charge in [0.15, 0.2) is 0 Å². The molecule has 0 fully saturated rings. The van der Waals surface area contributed by atoms with Crippen LogP contribution in [0.15, 0.2) is 48.5 Å². The quantitative estimate of drug-likeness (QED) is 0.563. The Labute approximate surface area is 179 Å². The molecule has 0 saturated heterocycles. The maximum Gasteiger partial charge on any atom is 0.310 e. The summed E-state index contributed by atoms with van der Waals surface area (Å²) >= 11 is 0. The molecule has 0 aliphatic carbocycles. The van der Waals surface area contributed by atoms with E-state index in [1.54, 1.807) is 14.0 Å². The minimum Gasteiger partial charge on any atom is -0.497 e. The van der Waals surface area contributed by atoms with Crippen molar-refractivity contribution >= 4 is 11.5 Å². The number of nitrogens with two attached hydrogens (primary N) is 1. The molecule has 0 heterocycles. The molecule has 5 nitrogen and oxygen atoms in total. The average Bonchev–Trinajstić information content (AvgIpc) is 2.75. The smallest absolute Gasteiger partial charge is 0.310 e. The van der Waals surface area contributed by atoms with Gasteiger partial charge in [0.1, 0.15) is 17.1 Å². The summed E-state index contributed by atoms with van der Waals surface area (Å²) in [7, 11) is 1.60. The molecule has 162 valence electrons. The largest absolute Gasteiger partial charge is 0.497 e. The molecule has 0 bridgehead atoms. The fraction of sp³-hybridized carbons (Fsp3) is 0.400. The van der Waals surface area contributed by atoms with Gasteiger partial charge in [-0.1, -0.05) is 31.2 Å². The Morgan fingerprint density at radius 1 is 1.17 bits per heavy atom. The SMILES string of the molecule is CCOC(=O)Cc1cc(OC)ccc1OC(C)(/C=C(\C)c1cccc(CN)c1)CC. The van der Waals surface area contributed by atoms with Gasteiger partial charge in [0.2, 0.25) is 0 Å². The van der Waals surface area contributed by atoms with E-state index in [4.69, 9.17) is 19.9 Å². The Bertz CT molecular complexity index is 890. The van der Waals surface area contributed by atoms with Crippen molar-refractivity contribution in [1.29, 1.82) is 0 Å². The average molecular weight is 412 g/mol. The van der Waals surface area contributed by atoms with Crippen LogP contribution in [-0.4, -0.2) is 25.3 Å². The lowest BCUT2D eigenvalue weighted by atomic mass is 9.95. The Kier molecular flexibility index (Phi) is 8.48. The van der Waals surface area contributed by atoms with E-state index < -0.39 is 5.60 Å². The van der Waals surface area contributed by atoms with Gasteiger partial charge in [-0.3, -0.25) is 4.79 Å². The van der Waals surface area contributed by atoms with Gasteiger partial charge in [-0.2, -0.15) is 0 Å². The summed E-state index contributed by atoms with van der Waals surface area (Å²) in [6.07, 6.45) is 3.01. The zero-order chi connectivity index (χ0) is 22.1. The third-order valence-electron chi connectivity index (χ3n) is 5.09. The van der Waals surface area contributed by atoms with Crippen LogP contribution in [-0.2, 0) is 22.5 Å². The molecule has 5 heteroatoms. The van der Waals surface area contributed by atoms with Crippen molar-refractivity contribution in [3.8, 4) is 11.5 Å². The highest BCUT2D eigenvalue weighted by atomic mass is 16.5. The summed E-state index contributed by atoms with van der Waals surface area (Å²) in [6, 6.07) is 13.7. The lowest BCUT2D eigenvalue weighted by Crippen LogP contribution is -2.30. The third kappa shape index (κ3) is 6.36. The summed E-state index contributed by atoms with van der Waals surface area (Å²) in [6.45, 7) is 8.83. The van der Waals surface area contributed by atoms with Crippen molar-refractivity contribution < 1.29 is 19.0 Å². The summed E-state index contributed by atoms with van der Waals surface area (Å²) in [5.74, 6) is 1.03. The number of ether oxygens (including phenoxy) is 3. The van der Waals surface area contributed by atoms with Crippen LogP contribution < -0.4 is 15.2 Å². The molecule has 0 spiro atoms. The summed E-state index contributed by atoms with van der Waals surface area (Å²) < 4.78 is 16.9. The van der Waals surface area contributed by atoms with Gasteiger partial charge in [0.25, 0.3) is 0 Å². The highest BCUT2D eigenvalue weighted by molar-refractivity contribution is 5.74. The number of hydrogen-bond donors (Lipinski definition) is 1. The molecule has 1 unspecified atom stereocenters. The zero-order valence-electron chi connectivity index (χ0n) is 18.7. The number of methoxy groups -OCH3 is 1. The monoisotopic (exact) mass is 411 g/mol. The van der Waals surface area contributed by atoms with Crippen LogP contribution in [0.3, 0.4) is 0 Å². The molecule has 2 aromatic carbocycles. The van der Waals surface area contributed by atoms with Gasteiger partial charge in [-0.15, -0.1) is 0 Å². The van der Waals surface area contributed by atoms with Crippen molar-refractivity contribution in [2.45, 2.75) is 52.7 Å². The minimum absolute atomic E-state index is 0.126. The van der Waals surface area contributed by atoms with Crippen molar-refractivity contribution in [2.75, 3.05) is 13.7 Å². The maximum atomic E-state index is 12.1. The lowest BCUT2D eigenvalue weighted by Gasteiger charge is -2.29. The fourth-order valence-corrected chi connectivity index (χ4v) is 3.23. The van der Waals surface area contributed by atoms with Gasteiger partial charge in [0, 0.05) is 12.1 Å². The number of carbonyl (C=O) groups excluding carboxylic acids is 1. The zero-order valence-corrected chi connectivity index (χ0v) is 18.7. The van der Waals surface area contributed by atoms with Crippen LogP contribution in [0.25, 0.3) is 5.57 Å².